The van der Waals surface area contributed by atoms with Crippen LogP contribution in [-0.4, -0.2) is 12.0 Å². The zero-order valence-corrected chi connectivity index (χ0v) is 11.5. The first kappa shape index (κ1) is 12.1. The summed E-state index contributed by atoms with van der Waals surface area (Å²) in [4.78, 5) is 6.19. The van der Waals surface area contributed by atoms with Crippen molar-refractivity contribution in [2.45, 2.75) is 52.0 Å². The molecule has 3 unspecified atom stereocenters. The Morgan fingerprint density at radius 1 is 1.44 bits per heavy atom. The normalized spacial score (nSPS) is 27.2. The first-order valence-electron chi connectivity index (χ1n) is 6.26. The molecule has 1 saturated carbocycles. The van der Waals surface area contributed by atoms with E-state index in [1.54, 1.807) is 0 Å². The maximum Gasteiger partial charge on any atom is 0.0962 e. The molecule has 16 heavy (non-hydrogen) atoms. The largest absolute Gasteiger partial charge is 0.312 e. The van der Waals surface area contributed by atoms with E-state index in [2.05, 4.69) is 26.1 Å². The van der Waals surface area contributed by atoms with Crippen LogP contribution in [0.2, 0.25) is 0 Å². The van der Waals surface area contributed by atoms with Gasteiger partial charge in [0.25, 0.3) is 0 Å². The Balaban J connectivity index is 2.17. The number of nitrogens with zero attached hydrogens (tertiary/aromatic N) is 1. The SMILES string of the molecule is CNC(C)c1sc(C2CCC(C)C2)nc1C. The molecule has 90 valence electrons. The molecule has 2 rings (SSSR count). The summed E-state index contributed by atoms with van der Waals surface area (Å²) in [5.74, 6) is 1.62. The van der Waals surface area contributed by atoms with Crippen LogP contribution in [0.5, 0.6) is 0 Å². The van der Waals surface area contributed by atoms with Crippen LogP contribution in [-0.2, 0) is 0 Å². The summed E-state index contributed by atoms with van der Waals surface area (Å²) in [5, 5.41) is 4.68. The molecule has 1 aromatic heterocycles. The Morgan fingerprint density at radius 3 is 2.75 bits per heavy atom. The first-order valence-corrected chi connectivity index (χ1v) is 7.08. The topological polar surface area (TPSA) is 24.9 Å². The maximum absolute atomic E-state index is 4.77. The minimum absolute atomic E-state index is 0.435. The highest BCUT2D eigenvalue weighted by Gasteiger charge is 2.26. The van der Waals surface area contributed by atoms with Crippen LogP contribution in [0.15, 0.2) is 0 Å². The van der Waals surface area contributed by atoms with E-state index >= 15 is 0 Å². The van der Waals surface area contributed by atoms with Crippen molar-refractivity contribution >= 4 is 11.3 Å². The highest BCUT2D eigenvalue weighted by Crippen LogP contribution is 2.41. The van der Waals surface area contributed by atoms with Crippen molar-refractivity contribution in [3.8, 4) is 0 Å². The number of rotatable bonds is 3. The van der Waals surface area contributed by atoms with Crippen LogP contribution >= 0.6 is 11.3 Å². The summed E-state index contributed by atoms with van der Waals surface area (Å²) in [7, 11) is 2.02. The lowest BCUT2D eigenvalue weighted by molar-refractivity contribution is 0.595. The van der Waals surface area contributed by atoms with Gasteiger partial charge in [-0.2, -0.15) is 0 Å². The predicted molar refractivity (Wildman–Crippen MR) is 70.1 cm³/mol. The van der Waals surface area contributed by atoms with E-state index in [1.807, 2.05) is 18.4 Å². The van der Waals surface area contributed by atoms with Crippen molar-refractivity contribution in [2.24, 2.45) is 5.92 Å². The summed E-state index contributed by atoms with van der Waals surface area (Å²) < 4.78 is 0. The van der Waals surface area contributed by atoms with Gasteiger partial charge in [-0.3, -0.25) is 0 Å². The molecule has 1 aromatic rings. The first-order chi connectivity index (χ1) is 7.61. The second-order valence-corrected chi connectivity index (χ2v) is 6.19. The maximum atomic E-state index is 4.77. The highest BCUT2D eigenvalue weighted by atomic mass is 32.1. The monoisotopic (exact) mass is 238 g/mol. The third-order valence-electron chi connectivity index (χ3n) is 3.72. The summed E-state index contributed by atoms with van der Waals surface area (Å²) in [6, 6.07) is 0.435. The number of hydrogen-bond donors (Lipinski definition) is 1. The van der Waals surface area contributed by atoms with Crippen molar-refractivity contribution in [3.05, 3.63) is 15.6 Å². The Bertz CT molecular complexity index is 359. The number of hydrogen-bond acceptors (Lipinski definition) is 3. The minimum atomic E-state index is 0.435. The molecule has 1 heterocycles. The minimum Gasteiger partial charge on any atom is -0.312 e. The van der Waals surface area contributed by atoms with Gasteiger partial charge in [0.2, 0.25) is 0 Å². The lowest BCUT2D eigenvalue weighted by Crippen LogP contribution is -2.11. The zero-order valence-electron chi connectivity index (χ0n) is 10.7. The van der Waals surface area contributed by atoms with Gasteiger partial charge >= 0.3 is 0 Å². The van der Waals surface area contributed by atoms with Crippen LogP contribution in [0.1, 0.15) is 60.6 Å². The van der Waals surface area contributed by atoms with E-state index < -0.39 is 0 Å². The lowest BCUT2D eigenvalue weighted by Gasteiger charge is -2.07. The molecular formula is C13H22N2S. The molecule has 1 fully saturated rings. The Hall–Kier alpha value is -0.410. The zero-order chi connectivity index (χ0) is 11.7. The van der Waals surface area contributed by atoms with Crippen LogP contribution in [0, 0.1) is 12.8 Å². The average molecular weight is 238 g/mol. The number of nitrogens with one attached hydrogen (secondary N) is 1. The van der Waals surface area contributed by atoms with Crippen molar-refractivity contribution in [1.82, 2.24) is 10.3 Å². The number of thiazole rings is 1. The molecule has 0 bridgehead atoms. The van der Waals surface area contributed by atoms with E-state index in [1.165, 1.54) is 34.8 Å². The third kappa shape index (κ3) is 2.30. The van der Waals surface area contributed by atoms with Crippen LogP contribution in [0.25, 0.3) is 0 Å². The fourth-order valence-corrected chi connectivity index (χ4v) is 3.85. The molecule has 0 spiro atoms. The summed E-state index contributed by atoms with van der Waals surface area (Å²) in [6.45, 7) is 6.71. The molecule has 1 aliphatic carbocycles. The predicted octanol–water partition coefficient (Wildman–Crippen LogP) is 3.64. The molecule has 0 saturated heterocycles. The molecule has 0 radical (unpaired) electrons. The number of aromatic nitrogens is 1. The van der Waals surface area contributed by atoms with Gasteiger partial charge in [-0.1, -0.05) is 13.3 Å². The van der Waals surface area contributed by atoms with Gasteiger partial charge in [0.05, 0.1) is 10.7 Å². The van der Waals surface area contributed by atoms with Crippen LogP contribution in [0.4, 0.5) is 0 Å². The molecule has 0 amide bonds. The smallest absolute Gasteiger partial charge is 0.0962 e. The summed E-state index contributed by atoms with van der Waals surface area (Å²) in [6.07, 6.45) is 4.04. The molecule has 1 N–H and O–H groups in total. The highest BCUT2D eigenvalue weighted by molar-refractivity contribution is 7.11. The summed E-state index contributed by atoms with van der Waals surface area (Å²) >= 11 is 1.92. The van der Waals surface area contributed by atoms with E-state index in [-0.39, 0.29) is 0 Å². The molecule has 0 aliphatic heterocycles. The van der Waals surface area contributed by atoms with E-state index in [0.29, 0.717) is 6.04 Å². The lowest BCUT2D eigenvalue weighted by atomic mass is 10.1. The molecule has 2 nitrogen and oxygen atoms in total. The van der Waals surface area contributed by atoms with E-state index in [9.17, 15) is 0 Å². The van der Waals surface area contributed by atoms with Crippen molar-refractivity contribution < 1.29 is 0 Å². The Labute approximate surface area is 102 Å². The quantitative estimate of drug-likeness (QED) is 0.869. The average Bonchev–Trinajstić information content (AvgIpc) is 2.83. The van der Waals surface area contributed by atoms with Crippen molar-refractivity contribution in [3.63, 3.8) is 0 Å². The number of aryl methyl sites for hydroxylation is 1. The van der Waals surface area contributed by atoms with Gasteiger partial charge in [0, 0.05) is 16.8 Å². The van der Waals surface area contributed by atoms with Crippen LogP contribution < -0.4 is 5.32 Å². The van der Waals surface area contributed by atoms with Crippen molar-refractivity contribution in [2.75, 3.05) is 7.05 Å². The van der Waals surface area contributed by atoms with Gasteiger partial charge in [0.1, 0.15) is 0 Å². The fraction of sp³-hybridized carbons (Fsp3) is 0.769. The standard InChI is InChI=1S/C13H22N2S/c1-8-5-6-11(7-8)13-15-10(3)12(16-13)9(2)14-4/h8-9,11,14H,5-7H2,1-4H3. The third-order valence-corrected chi connectivity index (χ3v) is 5.22. The van der Waals surface area contributed by atoms with Crippen LogP contribution in [0.3, 0.4) is 0 Å². The van der Waals surface area contributed by atoms with Gasteiger partial charge in [-0.05, 0) is 39.7 Å². The second-order valence-electron chi connectivity index (χ2n) is 5.13. The van der Waals surface area contributed by atoms with E-state index in [0.717, 1.165) is 11.8 Å². The molecule has 0 aromatic carbocycles. The molecule has 3 heteroatoms. The molecular weight excluding hydrogens is 216 g/mol. The fourth-order valence-electron chi connectivity index (χ4n) is 2.57. The molecule has 3 atom stereocenters. The van der Waals surface area contributed by atoms with E-state index in [4.69, 9.17) is 4.98 Å². The van der Waals surface area contributed by atoms with Crippen molar-refractivity contribution in [1.29, 1.82) is 0 Å². The van der Waals surface area contributed by atoms with Gasteiger partial charge in [-0.15, -0.1) is 11.3 Å². The van der Waals surface area contributed by atoms with Gasteiger partial charge in [0.15, 0.2) is 0 Å². The Kier molecular flexibility index (Phi) is 3.65. The molecule has 1 aliphatic rings. The Morgan fingerprint density at radius 2 is 2.19 bits per heavy atom. The van der Waals surface area contributed by atoms with Gasteiger partial charge in [-0.25, -0.2) is 4.98 Å². The summed E-state index contributed by atoms with van der Waals surface area (Å²) in [5.41, 5.74) is 1.22. The second kappa shape index (κ2) is 4.84. The van der Waals surface area contributed by atoms with Gasteiger partial charge < -0.3 is 5.32 Å².